The lowest BCUT2D eigenvalue weighted by Gasteiger charge is -2.06. The van der Waals surface area contributed by atoms with Crippen molar-refractivity contribution in [2.45, 2.75) is 0 Å². The van der Waals surface area contributed by atoms with Crippen molar-refractivity contribution in [3.8, 4) is 5.75 Å². The lowest BCUT2D eigenvalue weighted by Crippen LogP contribution is -1.96. The summed E-state index contributed by atoms with van der Waals surface area (Å²) in [6.07, 6.45) is 1.41. The molecule has 0 radical (unpaired) electrons. The molecule has 0 unspecified atom stereocenters. The Morgan fingerprint density at radius 3 is 2.94 bits per heavy atom. The predicted molar refractivity (Wildman–Crippen MR) is 65.8 cm³/mol. The minimum atomic E-state index is 0.437. The predicted octanol–water partition coefficient (Wildman–Crippen LogP) is 1.77. The van der Waals surface area contributed by atoms with Crippen molar-refractivity contribution in [2.75, 3.05) is 12.8 Å². The number of methoxy groups -OCH3 is 1. The Morgan fingerprint density at radius 1 is 1.24 bits per heavy atom. The highest BCUT2D eigenvalue weighted by Gasteiger charge is 2.07. The summed E-state index contributed by atoms with van der Waals surface area (Å²) in [6, 6.07) is 7.66. The maximum absolute atomic E-state index is 5.80. The van der Waals surface area contributed by atoms with Gasteiger partial charge in [-0.3, -0.25) is 0 Å². The van der Waals surface area contributed by atoms with Gasteiger partial charge in [0.1, 0.15) is 23.4 Å². The molecule has 0 spiro atoms. The number of para-hydroxylation sites is 1. The number of aromatic nitrogens is 3. The highest BCUT2D eigenvalue weighted by atomic mass is 16.5. The number of nitrogen functional groups attached to an aromatic ring is 1. The van der Waals surface area contributed by atoms with E-state index in [1.807, 2.05) is 24.3 Å². The highest BCUT2D eigenvalue weighted by molar-refractivity contribution is 5.97. The van der Waals surface area contributed by atoms with Gasteiger partial charge in [0.15, 0.2) is 5.65 Å². The lowest BCUT2D eigenvalue weighted by atomic mass is 10.1. The van der Waals surface area contributed by atoms with Gasteiger partial charge >= 0.3 is 0 Å². The van der Waals surface area contributed by atoms with Crippen LogP contribution in [0.3, 0.4) is 0 Å². The molecule has 0 atom stereocenters. The summed E-state index contributed by atoms with van der Waals surface area (Å²) in [5.74, 6) is 1.16. The van der Waals surface area contributed by atoms with Gasteiger partial charge in [-0.25, -0.2) is 15.0 Å². The van der Waals surface area contributed by atoms with Gasteiger partial charge in [-0.05, 0) is 12.1 Å². The first-order valence-corrected chi connectivity index (χ1v) is 5.13. The smallest absolute Gasteiger partial charge is 0.165 e. The fourth-order valence-electron chi connectivity index (χ4n) is 1.83. The molecule has 84 valence electrons. The second kappa shape index (κ2) is 3.55. The summed E-state index contributed by atoms with van der Waals surface area (Å²) < 4.78 is 5.27. The van der Waals surface area contributed by atoms with Crippen LogP contribution in [0.1, 0.15) is 0 Å². The molecule has 0 saturated carbocycles. The SMILES string of the molecule is COc1cccc2cc3c(N)ncnc3nc12. The fraction of sp³-hybridized carbons (Fsp3) is 0.0833. The van der Waals surface area contributed by atoms with Gasteiger partial charge in [0.05, 0.1) is 12.5 Å². The largest absolute Gasteiger partial charge is 0.494 e. The average Bonchev–Trinajstić information content (AvgIpc) is 2.36. The number of anilines is 1. The van der Waals surface area contributed by atoms with Crippen LogP contribution in [-0.4, -0.2) is 22.1 Å². The molecular weight excluding hydrogens is 216 g/mol. The number of benzene rings is 1. The number of rotatable bonds is 1. The van der Waals surface area contributed by atoms with E-state index in [2.05, 4.69) is 15.0 Å². The van der Waals surface area contributed by atoms with Crippen LogP contribution in [0.5, 0.6) is 5.75 Å². The zero-order valence-corrected chi connectivity index (χ0v) is 9.21. The molecule has 2 heterocycles. The van der Waals surface area contributed by atoms with Gasteiger partial charge in [-0.1, -0.05) is 12.1 Å². The molecule has 0 bridgehead atoms. The molecule has 0 aliphatic heterocycles. The van der Waals surface area contributed by atoms with E-state index < -0.39 is 0 Å². The maximum Gasteiger partial charge on any atom is 0.165 e. The monoisotopic (exact) mass is 226 g/mol. The van der Waals surface area contributed by atoms with Gasteiger partial charge < -0.3 is 10.5 Å². The molecule has 2 N–H and O–H groups in total. The molecule has 0 saturated heterocycles. The van der Waals surface area contributed by atoms with Gasteiger partial charge in [0.25, 0.3) is 0 Å². The molecule has 0 aliphatic rings. The Morgan fingerprint density at radius 2 is 2.12 bits per heavy atom. The second-order valence-electron chi connectivity index (χ2n) is 3.65. The molecule has 17 heavy (non-hydrogen) atoms. The molecular formula is C12H10N4O. The Labute approximate surface area is 97.3 Å². The number of ether oxygens (including phenoxy) is 1. The van der Waals surface area contributed by atoms with Crippen molar-refractivity contribution < 1.29 is 4.74 Å². The summed E-state index contributed by atoms with van der Waals surface area (Å²) in [4.78, 5) is 12.5. The number of pyridine rings is 1. The first-order valence-electron chi connectivity index (χ1n) is 5.13. The van der Waals surface area contributed by atoms with Crippen LogP contribution < -0.4 is 10.5 Å². The van der Waals surface area contributed by atoms with Crippen LogP contribution in [0.4, 0.5) is 5.82 Å². The number of hydrogen-bond donors (Lipinski definition) is 1. The van der Waals surface area contributed by atoms with Crippen LogP contribution in [0.2, 0.25) is 0 Å². The third-order valence-corrected chi connectivity index (χ3v) is 2.66. The topological polar surface area (TPSA) is 73.9 Å². The lowest BCUT2D eigenvalue weighted by molar-refractivity contribution is 0.419. The molecule has 0 amide bonds. The molecule has 0 aliphatic carbocycles. The van der Waals surface area contributed by atoms with Crippen LogP contribution in [0, 0.1) is 0 Å². The second-order valence-corrected chi connectivity index (χ2v) is 3.65. The Kier molecular flexibility index (Phi) is 2.04. The Balaban J connectivity index is 2.48. The van der Waals surface area contributed by atoms with Crippen molar-refractivity contribution in [3.63, 3.8) is 0 Å². The molecule has 3 aromatic rings. The quantitative estimate of drug-likeness (QED) is 0.640. The summed E-state index contributed by atoms with van der Waals surface area (Å²) in [5.41, 5.74) is 7.15. The summed E-state index contributed by atoms with van der Waals surface area (Å²) in [6.45, 7) is 0. The summed E-state index contributed by atoms with van der Waals surface area (Å²) in [5, 5.41) is 1.71. The van der Waals surface area contributed by atoms with E-state index in [9.17, 15) is 0 Å². The molecule has 3 rings (SSSR count). The summed E-state index contributed by atoms with van der Waals surface area (Å²) >= 11 is 0. The number of nitrogens with zero attached hydrogens (tertiary/aromatic N) is 3. The molecule has 5 heteroatoms. The van der Waals surface area contributed by atoms with Gasteiger partial charge in [0.2, 0.25) is 0 Å². The minimum absolute atomic E-state index is 0.437. The van der Waals surface area contributed by atoms with E-state index in [1.165, 1.54) is 6.33 Å². The molecule has 0 fully saturated rings. The van der Waals surface area contributed by atoms with Crippen molar-refractivity contribution in [3.05, 3.63) is 30.6 Å². The Bertz CT molecular complexity index is 711. The normalized spacial score (nSPS) is 10.9. The molecule has 5 nitrogen and oxygen atoms in total. The number of fused-ring (bicyclic) bond motifs is 2. The fourth-order valence-corrected chi connectivity index (χ4v) is 1.83. The highest BCUT2D eigenvalue weighted by Crippen LogP contribution is 2.27. The van der Waals surface area contributed by atoms with E-state index in [1.54, 1.807) is 7.11 Å². The minimum Gasteiger partial charge on any atom is -0.494 e. The van der Waals surface area contributed by atoms with Crippen LogP contribution in [-0.2, 0) is 0 Å². The van der Waals surface area contributed by atoms with E-state index >= 15 is 0 Å². The first kappa shape index (κ1) is 9.77. The van der Waals surface area contributed by atoms with Crippen molar-refractivity contribution >= 4 is 27.8 Å². The first-order chi connectivity index (χ1) is 8.29. The van der Waals surface area contributed by atoms with E-state index in [-0.39, 0.29) is 0 Å². The number of hydrogen-bond acceptors (Lipinski definition) is 5. The van der Waals surface area contributed by atoms with Gasteiger partial charge in [-0.15, -0.1) is 0 Å². The van der Waals surface area contributed by atoms with Crippen molar-refractivity contribution in [2.24, 2.45) is 0 Å². The Hall–Kier alpha value is -2.43. The third kappa shape index (κ3) is 1.44. The molecule has 1 aromatic carbocycles. The molecule has 2 aromatic heterocycles. The zero-order valence-electron chi connectivity index (χ0n) is 9.21. The van der Waals surface area contributed by atoms with E-state index in [0.29, 0.717) is 11.5 Å². The van der Waals surface area contributed by atoms with Crippen LogP contribution in [0.25, 0.3) is 21.9 Å². The zero-order chi connectivity index (χ0) is 11.8. The van der Waals surface area contributed by atoms with Crippen molar-refractivity contribution in [1.29, 1.82) is 0 Å². The van der Waals surface area contributed by atoms with Crippen molar-refractivity contribution in [1.82, 2.24) is 15.0 Å². The average molecular weight is 226 g/mol. The van der Waals surface area contributed by atoms with E-state index in [4.69, 9.17) is 10.5 Å². The van der Waals surface area contributed by atoms with Gasteiger partial charge in [0, 0.05) is 5.39 Å². The standard InChI is InChI=1S/C12H10N4O/c1-17-9-4-2-3-7-5-8-11(13)14-6-15-12(8)16-10(7)9/h2-6H,1H3,(H2,13,14,15,16). The van der Waals surface area contributed by atoms with E-state index in [0.717, 1.165) is 22.0 Å². The number of nitrogens with two attached hydrogens (primary N) is 1. The summed E-state index contributed by atoms with van der Waals surface area (Å²) in [7, 11) is 1.62. The van der Waals surface area contributed by atoms with Crippen LogP contribution in [0.15, 0.2) is 30.6 Å². The third-order valence-electron chi connectivity index (χ3n) is 2.66. The van der Waals surface area contributed by atoms with Gasteiger partial charge in [-0.2, -0.15) is 0 Å². The van der Waals surface area contributed by atoms with Crippen LogP contribution >= 0.6 is 0 Å². The maximum atomic E-state index is 5.80.